The van der Waals surface area contributed by atoms with E-state index in [9.17, 15) is 9.90 Å². The molecule has 0 bridgehead atoms. The minimum atomic E-state index is -0.894. The fourth-order valence-corrected chi connectivity index (χ4v) is 5.62. The Balaban J connectivity index is 1.24. The molecule has 0 spiro atoms. The van der Waals surface area contributed by atoms with Gasteiger partial charge in [0.25, 0.3) is 5.91 Å². The first-order chi connectivity index (χ1) is 16.0. The first-order valence-electron chi connectivity index (χ1n) is 12.4. The van der Waals surface area contributed by atoms with E-state index >= 15 is 0 Å². The number of hydrogen-bond acceptors (Lipinski definition) is 5. The number of amides is 1. The number of aliphatic hydroxyl groups is 1. The van der Waals surface area contributed by atoms with Crippen LogP contribution in [0, 0.1) is 0 Å². The minimum absolute atomic E-state index is 0.0162. The molecule has 176 valence electrons. The smallest absolute Gasteiger partial charge is 0.251 e. The lowest BCUT2D eigenvalue weighted by molar-refractivity contribution is 0.0695. The first-order valence-corrected chi connectivity index (χ1v) is 12.4. The van der Waals surface area contributed by atoms with Crippen LogP contribution in [-0.4, -0.2) is 49.0 Å². The molecule has 0 aliphatic carbocycles. The number of fused-ring (bicyclic) bond motifs is 1. The van der Waals surface area contributed by atoms with Crippen LogP contribution in [0.2, 0.25) is 0 Å². The fourth-order valence-electron chi connectivity index (χ4n) is 5.62. The predicted molar refractivity (Wildman–Crippen MR) is 132 cm³/mol. The van der Waals surface area contributed by atoms with E-state index in [1.807, 2.05) is 19.1 Å². The summed E-state index contributed by atoms with van der Waals surface area (Å²) in [4.78, 5) is 14.7. The summed E-state index contributed by atoms with van der Waals surface area (Å²) in [5.74, 6) is 0.207. The standard InChI is InChI=1S/C27H36N4O2/c1-27(33)15-23(18-31(27)25-10-9-22-16-28-13-11-21(22)14-25)19-5-7-20(8-6-19)26(32)30-17-24-4-2-3-12-29-24/h5-10,14,23-24,28-29,33H,2-4,11-13,15-18H2,1H3,(H,30,32). The summed E-state index contributed by atoms with van der Waals surface area (Å²) >= 11 is 0. The highest BCUT2D eigenvalue weighted by atomic mass is 16.3. The van der Waals surface area contributed by atoms with Crippen molar-refractivity contribution in [2.24, 2.45) is 0 Å². The van der Waals surface area contributed by atoms with Crippen molar-refractivity contribution in [2.45, 2.75) is 63.3 Å². The normalized spacial score (nSPS) is 27.3. The van der Waals surface area contributed by atoms with Crippen molar-refractivity contribution in [2.75, 3.05) is 31.1 Å². The first kappa shape index (κ1) is 22.4. The number of benzene rings is 2. The molecule has 2 aromatic carbocycles. The van der Waals surface area contributed by atoms with Gasteiger partial charge in [-0.05, 0) is 80.2 Å². The van der Waals surface area contributed by atoms with Crippen molar-refractivity contribution in [1.82, 2.24) is 16.0 Å². The molecular weight excluding hydrogens is 412 g/mol. The second kappa shape index (κ2) is 9.45. The van der Waals surface area contributed by atoms with Crippen LogP contribution in [0.3, 0.4) is 0 Å². The number of rotatable bonds is 5. The van der Waals surface area contributed by atoms with Crippen molar-refractivity contribution < 1.29 is 9.90 Å². The van der Waals surface area contributed by atoms with E-state index in [1.54, 1.807) is 0 Å². The van der Waals surface area contributed by atoms with Crippen molar-refractivity contribution in [3.05, 3.63) is 64.7 Å². The highest BCUT2D eigenvalue weighted by Crippen LogP contribution is 2.41. The molecule has 3 atom stereocenters. The number of nitrogens with zero attached hydrogens (tertiary/aromatic N) is 1. The summed E-state index contributed by atoms with van der Waals surface area (Å²) in [6.07, 6.45) is 5.28. The van der Waals surface area contributed by atoms with Crippen molar-refractivity contribution in [3.8, 4) is 0 Å². The molecule has 6 heteroatoms. The lowest BCUT2D eigenvalue weighted by atomic mass is 9.94. The van der Waals surface area contributed by atoms with Gasteiger partial charge in [-0.25, -0.2) is 0 Å². The van der Waals surface area contributed by atoms with Crippen LogP contribution >= 0.6 is 0 Å². The maximum Gasteiger partial charge on any atom is 0.251 e. The van der Waals surface area contributed by atoms with Gasteiger partial charge in [-0.3, -0.25) is 4.79 Å². The third-order valence-electron chi connectivity index (χ3n) is 7.57. The molecule has 0 radical (unpaired) electrons. The van der Waals surface area contributed by atoms with Crippen molar-refractivity contribution in [3.63, 3.8) is 0 Å². The van der Waals surface area contributed by atoms with E-state index in [0.717, 1.165) is 44.7 Å². The number of nitrogens with one attached hydrogen (secondary N) is 3. The van der Waals surface area contributed by atoms with E-state index < -0.39 is 5.72 Å². The Hall–Kier alpha value is -2.41. The average Bonchev–Trinajstić information content (AvgIpc) is 3.18. The van der Waals surface area contributed by atoms with Crippen molar-refractivity contribution >= 4 is 11.6 Å². The zero-order valence-corrected chi connectivity index (χ0v) is 19.6. The molecule has 0 aromatic heterocycles. The number of hydrogen-bond donors (Lipinski definition) is 4. The lowest BCUT2D eigenvalue weighted by Gasteiger charge is -2.33. The maximum atomic E-state index is 12.6. The number of anilines is 1. The van der Waals surface area contributed by atoms with Crippen LogP contribution in [-0.2, 0) is 13.0 Å². The number of carbonyl (C=O) groups is 1. The van der Waals surface area contributed by atoms with E-state index in [4.69, 9.17) is 0 Å². The van der Waals surface area contributed by atoms with Gasteiger partial charge in [-0.2, -0.15) is 0 Å². The Morgan fingerprint density at radius 1 is 1.15 bits per heavy atom. The Morgan fingerprint density at radius 2 is 2.00 bits per heavy atom. The monoisotopic (exact) mass is 448 g/mol. The zero-order chi connectivity index (χ0) is 22.8. The third kappa shape index (κ3) is 4.93. The van der Waals surface area contributed by atoms with E-state index in [0.29, 0.717) is 24.6 Å². The van der Waals surface area contributed by atoms with Crippen LogP contribution in [0.4, 0.5) is 5.69 Å². The summed E-state index contributed by atoms with van der Waals surface area (Å²) in [7, 11) is 0. The second-order valence-electron chi connectivity index (χ2n) is 10.1. The summed E-state index contributed by atoms with van der Waals surface area (Å²) in [6.45, 7) is 6.33. The number of piperidine rings is 1. The minimum Gasteiger partial charge on any atom is -0.371 e. The molecular formula is C27H36N4O2. The molecule has 2 fully saturated rings. The molecule has 6 nitrogen and oxygen atoms in total. The van der Waals surface area contributed by atoms with Gasteiger partial charge in [0.15, 0.2) is 0 Å². The zero-order valence-electron chi connectivity index (χ0n) is 19.6. The van der Waals surface area contributed by atoms with Gasteiger partial charge in [0.05, 0.1) is 0 Å². The molecule has 33 heavy (non-hydrogen) atoms. The van der Waals surface area contributed by atoms with Gasteiger partial charge in [0.2, 0.25) is 0 Å². The largest absolute Gasteiger partial charge is 0.371 e. The molecule has 3 heterocycles. The Bertz CT molecular complexity index is 982. The third-order valence-corrected chi connectivity index (χ3v) is 7.57. The molecule has 2 aromatic rings. The van der Waals surface area contributed by atoms with E-state index in [-0.39, 0.29) is 11.8 Å². The Kier molecular flexibility index (Phi) is 6.41. The molecule has 2 saturated heterocycles. The molecule has 1 amide bonds. The van der Waals surface area contributed by atoms with Crippen LogP contribution in [0.1, 0.15) is 65.6 Å². The summed E-state index contributed by atoms with van der Waals surface area (Å²) < 4.78 is 0. The molecule has 3 aliphatic rings. The van der Waals surface area contributed by atoms with Gasteiger partial charge >= 0.3 is 0 Å². The quantitative estimate of drug-likeness (QED) is 0.566. The van der Waals surface area contributed by atoms with Gasteiger partial charge in [0.1, 0.15) is 5.72 Å². The Morgan fingerprint density at radius 3 is 2.79 bits per heavy atom. The van der Waals surface area contributed by atoms with Crippen molar-refractivity contribution in [1.29, 1.82) is 0 Å². The molecule has 0 saturated carbocycles. The molecule has 3 unspecified atom stereocenters. The van der Waals surface area contributed by atoms with Crippen LogP contribution < -0.4 is 20.9 Å². The van der Waals surface area contributed by atoms with E-state index in [1.165, 1.54) is 29.5 Å². The Labute approximate surface area is 196 Å². The topological polar surface area (TPSA) is 76.6 Å². The second-order valence-corrected chi connectivity index (χ2v) is 10.1. The molecule has 4 N–H and O–H groups in total. The van der Waals surface area contributed by atoms with Gasteiger partial charge in [-0.15, -0.1) is 0 Å². The van der Waals surface area contributed by atoms with Crippen LogP contribution in [0.15, 0.2) is 42.5 Å². The SMILES string of the molecule is CC1(O)CC(c2ccc(C(=O)NCC3CCCCN3)cc2)CN1c1ccc2c(c1)CCNC2. The summed E-state index contributed by atoms with van der Waals surface area (Å²) in [5.41, 5.74) is 4.80. The van der Waals surface area contributed by atoms with E-state index in [2.05, 4.69) is 51.2 Å². The fraction of sp³-hybridized carbons (Fsp3) is 0.519. The lowest BCUT2D eigenvalue weighted by Crippen LogP contribution is -2.43. The molecule has 5 rings (SSSR count). The van der Waals surface area contributed by atoms with Crippen LogP contribution in [0.5, 0.6) is 0 Å². The average molecular weight is 449 g/mol. The summed E-state index contributed by atoms with van der Waals surface area (Å²) in [6, 6.07) is 14.9. The van der Waals surface area contributed by atoms with Gasteiger partial charge in [-0.1, -0.05) is 24.6 Å². The van der Waals surface area contributed by atoms with Crippen LogP contribution in [0.25, 0.3) is 0 Å². The highest BCUT2D eigenvalue weighted by molar-refractivity contribution is 5.94. The molecule has 3 aliphatic heterocycles. The van der Waals surface area contributed by atoms with Gasteiger partial charge in [0, 0.05) is 49.3 Å². The maximum absolute atomic E-state index is 12.6. The summed E-state index contributed by atoms with van der Waals surface area (Å²) in [5, 5.41) is 21.2. The number of carbonyl (C=O) groups excluding carboxylic acids is 1. The van der Waals surface area contributed by atoms with Gasteiger partial charge < -0.3 is 26.0 Å². The highest BCUT2D eigenvalue weighted by Gasteiger charge is 2.41. The predicted octanol–water partition coefficient (Wildman–Crippen LogP) is 2.91.